The average molecular weight is 373 g/mol. The molecular formula is C24H28N4. The van der Waals surface area contributed by atoms with E-state index < -0.39 is 0 Å². The van der Waals surface area contributed by atoms with Crippen LogP contribution in [-0.4, -0.2) is 28.0 Å². The SMILES string of the molecule is CC(c1nc2ccccc2[nH]1)N1CCC(CCCc2ccccc2C#N)CC1. The number of nitrogens with zero attached hydrogens (tertiary/aromatic N) is 3. The van der Waals surface area contributed by atoms with Gasteiger partial charge >= 0.3 is 0 Å². The van der Waals surface area contributed by atoms with E-state index in [1.807, 2.05) is 24.3 Å². The van der Waals surface area contributed by atoms with Crippen LogP contribution in [0.1, 0.15) is 55.6 Å². The number of aromatic nitrogens is 2. The molecule has 0 radical (unpaired) electrons. The molecule has 1 atom stereocenters. The van der Waals surface area contributed by atoms with E-state index in [0.717, 1.165) is 47.8 Å². The topological polar surface area (TPSA) is 55.7 Å². The van der Waals surface area contributed by atoms with E-state index in [-0.39, 0.29) is 0 Å². The monoisotopic (exact) mass is 372 g/mol. The summed E-state index contributed by atoms with van der Waals surface area (Å²) < 4.78 is 0. The van der Waals surface area contributed by atoms with Gasteiger partial charge in [-0.25, -0.2) is 4.98 Å². The van der Waals surface area contributed by atoms with Gasteiger partial charge in [0.1, 0.15) is 5.82 Å². The molecule has 3 aromatic rings. The Morgan fingerprint density at radius 2 is 1.89 bits per heavy atom. The van der Waals surface area contributed by atoms with Crippen LogP contribution in [0.5, 0.6) is 0 Å². The number of hydrogen-bond donors (Lipinski definition) is 1. The molecule has 1 saturated heterocycles. The second kappa shape index (κ2) is 8.58. The zero-order valence-corrected chi connectivity index (χ0v) is 16.6. The van der Waals surface area contributed by atoms with Gasteiger partial charge in [-0.3, -0.25) is 4.90 Å². The smallest absolute Gasteiger partial charge is 0.124 e. The lowest BCUT2D eigenvalue weighted by Crippen LogP contribution is -2.36. The first-order valence-electron chi connectivity index (χ1n) is 10.4. The number of H-pyrrole nitrogens is 1. The van der Waals surface area contributed by atoms with Crippen LogP contribution in [0.15, 0.2) is 48.5 Å². The summed E-state index contributed by atoms with van der Waals surface area (Å²) >= 11 is 0. The molecule has 4 nitrogen and oxygen atoms in total. The molecule has 4 rings (SSSR count). The van der Waals surface area contributed by atoms with Crippen molar-refractivity contribution in [1.82, 2.24) is 14.9 Å². The summed E-state index contributed by atoms with van der Waals surface area (Å²) in [6.07, 6.45) is 5.95. The number of rotatable bonds is 6. The van der Waals surface area contributed by atoms with Gasteiger partial charge in [0, 0.05) is 0 Å². The van der Waals surface area contributed by atoms with Gasteiger partial charge in [0.05, 0.1) is 28.7 Å². The maximum atomic E-state index is 9.22. The Balaban J connectivity index is 1.27. The van der Waals surface area contributed by atoms with Gasteiger partial charge in [0.2, 0.25) is 0 Å². The van der Waals surface area contributed by atoms with Crippen LogP contribution in [0.4, 0.5) is 0 Å². The Bertz CT molecular complexity index is 927. The van der Waals surface area contributed by atoms with Gasteiger partial charge < -0.3 is 4.98 Å². The van der Waals surface area contributed by atoms with Gasteiger partial charge in [-0.15, -0.1) is 0 Å². The summed E-state index contributed by atoms with van der Waals surface area (Å²) in [4.78, 5) is 10.8. The number of nitriles is 1. The highest BCUT2D eigenvalue weighted by Crippen LogP contribution is 2.29. The highest BCUT2D eigenvalue weighted by molar-refractivity contribution is 5.74. The molecule has 2 heterocycles. The van der Waals surface area contributed by atoms with Gasteiger partial charge in [-0.05, 0) is 75.4 Å². The van der Waals surface area contributed by atoms with Crippen LogP contribution in [0.3, 0.4) is 0 Å². The van der Waals surface area contributed by atoms with Crippen LogP contribution in [-0.2, 0) is 6.42 Å². The Labute approximate surface area is 167 Å². The van der Waals surface area contributed by atoms with Gasteiger partial charge in [0.25, 0.3) is 0 Å². The van der Waals surface area contributed by atoms with Crippen LogP contribution in [0.25, 0.3) is 11.0 Å². The van der Waals surface area contributed by atoms with E-state index in [2.05, 4.69) is 47.1 Å². The van der Waals surface area contributed by atoms with Crippen molar-refractivity contribution < 1.29 is 0 Å². The Morgan fingerprint density at radius 3 is 2.68 bits per heavy atom. The summed E-state index contributed by atoms with van der Waals surface area (Å²) in [5.41, 5.74) is 4.20. The van der Waals surface area contributed by atoms with Crippen molar-refractivity contribution in [3.8, 4) is 6.07 Å². The predicted octanol–water partition coefficient (Wildman–Crippen LogP) is 5.23. The third-order valence-corrected chi connectivity index (χ3v) is 6.20. The number of piperidine rings is 1. The fraction of sp³-hybridized carbons (Fsp3) is 0.417. The quantitative estimate of drug-likeness (QED) is 0.644. The second-order valence-electron chi connectivity index (χ2n) is 7.96. The molecular weight excluding hydrogens is 344 g/mol. The fourth-order valence-corrected chi connectivity index (χ4v) is 4.40. The standard InChI is InChI=1S/C24H28N4/c1-18(24-26-22-11-4-5-12-23(22)27-24)28-15-13-19(14-16-28)7-6-10-20-8-2-3-9-21(20)17-25/h2-5,8-9,11-12,18-19H,6-7,10,13-16H2,1H3,(H,26,27). The number of nitrogens with one attached hydrogen (secondary N) is 1. The highest BCUT2D eigenvalue weighted by Gasteiger charge is 2.25. The van der Waals surface area contributed by atoms with Crippen molar-refractivity contribution in [1.29, 1.82) is 5.26 Å². The lowest BCUT2D eigenvalue weighted by molar-refractivity contribution is 0.133. The summed E-state index contributed by atoms with van der Waals surface area (Å²) in [5.74, 6) is 1.88. The van der Waals surface area contributed by atoms with E-state index in [0.29, 0.717) is 6.04 Å². The van der Waals surface area contributed by atoms with Crippen molar-refractivity contribution in [3.05, 3.63) is 65.5 Å². The summed E-state index contributed by atoms with van der Waals surface area (Å²) in [5, 5.41) is 9.22. The largest absolute Gasteiger partial charge is 0.341 e. The molecule has 0 saturated carbocycles. The summed E-state index contributed by atoms with van der Waals surface area (Å²) in [6, 6.07) is 18.9. The number of fused-ring (bicyclic) bond motifs is 1. The molecule has 1 aliphatic heterocycles. The van der Waals surface area contributed by atoms with Crippen LogP contribution < -0.4 is 0 Å². The summed E-state index contributed by atoms with van der Waals surface area (Å²) in [6.45, 7) is 4.53. The minimum Gasteiger partial charge on any atom is -0.341 e. The minimum atomic E-state index is 0.329. The predicted molar refractivity (Wildman–Crippen MR) is 113 cm³/mol. The third kappa shape index (κ3) is 4.10. The second-order valence-corrected chi connectivity index (χ2v) is 7.96. The maximum absolute atomic E-state index is 9.22. The van der Waals surface area contributed by atoms with E-state index in [1.165, 1.54) is 31.2 Å². The van der Waals surface area contributed by atoms with Gasteiger partial charge in [0.15, 0.2) is 0 Å². The zero-order chi connectivity index (χ0) is 19.3. The minimum absolute atomic E-state index is 0.329. The first-order valence-corrected chi connectivity index (χ1v) is 10.4. The van der Waals surface area contributed by atoms with Crippen molar-refractivity contribution in [2.75, 3.05) is 13.1 Å². The van der Waals surface area contributed by atoms with Crippen molar-refractivity contribution in [2.24, 2.45) is 5.92 Å². The summed E-state index contributed by atoms with van der Waals surface area (Å²) in [7, 11) is 0. The molecule has 0 aliphatic carbocycles. The molecule has 144 valence electrons. The number of aromatic amines is 1. The number of imidazole rings is 1. The van der Waals surface area contributed by atoms with Crippen LogP contribution in [0.2, 0.25) is 0 Å². The Hall–Kier alpha value is -2.64. The van der Waals surface area contributed by atoms with Crippen molar-refractivity contribution in [2.45, 2.75) is 45.1 Å². The molecule has 0 spiro atoms. The highest BCUT2D eigenvalue weighted by atomic mass is 15.2. The number of likely N-dealkylation sites (tertiary alicyclic amines) is 1. The third-order valence-electron chi connectivity index (χ3n) is 6.20. The molecule has 0 amide bonds. The molecule has 1 aromatic heterocycles. The molecule has 0 bridgehead atoms. The first kappa shape index (κ1) is 18.7. The molecule has 1 N–H and O–H groups in total. The molecule has 1 fully saturated rings. The molecule has 1 aliphatic rings. The Morgan fingerprint density at radius 1 is 1.14 bits per heavy atom. The first-order chi connectivity index (χ1) is 13.7. The number of aryl methyl sites for hydroxylation is 1. The normalized spacial score (nSPS) is 16.9. The van der Waals surface area contributed by atoms with E-state index in [1.54, 1.807) is 0 Å². The van der Waals surface area contributed by atoms with Crippen molar-refractivity contribution >= 4 is 11.0 Å². The molecule has 28 heavy (non-hydrogen) atoms. The van der Waals surface area contributed by atoms with Crippen LogP contribution in [0, 0.1) is 17.2 Å². The van der Waals surface area contributed by atoms with E-state index in [4.69, 9.17) is 4.98 Å². The van der Waals surface area contributed by atoms with Gasteiger partial charge in [-0.2, -0.15) is 5.26 Å². The van der Waals surface area contributed by atoms with E-state index in [9.17, 15) is 5.26 Å². The zero-order valence-electron chi connectivity index (χ0n) is 16.6. The lowest BCUT2D eigenvalue weighted by Gasteiger charge is -2.35. The number of benzene rings is 2. The molecule has 1 unspecified atom stereocenters. The van der Waals surface area contributed by atoms with Gasteiger partial charge in [-0.1, -0.05) is 36.8 Å². The fourth-order valence-electron chi connectivity index (χ4n) is 4.40. The van der Waals surface area contributed by atoms with Crippen molar-refractivity contribution in [3.63, 3.8) is 0 Å². The molecule has 2 aromatic carbocycles. The number of hydrogen-bond acceptors (Lipinski definition) is 3. The maximum Gasteiger partial charge on any atom is 0.124 e. The lowest BCUT2D eigenvalue weighted by atomic mass is 9.89. The number of para-hydroxylation sites is 2. The van der Waals surface area contributed by atoms with E-state index >= 15 is 0 Å². The Kier molecular flexibility index (Phi) is 5.73. The van der Waals surface area contributed by atoms with Crippen LogP contribution >= 0.6 is 0 Å². The average Bonchev–Trinajstić information content (AvgIpc) is 3.18. The molecule has 4 heteroatoms.